The summed E-state index contributed by atoms with van der Waals surface area (Å²) < 4.78 is 4.91. The predicted molar refractivity (Wildman–Crippen MR) is 89.6 cm³/mol. The highest BCUT2D eigenvalue weighted by Crippen LogP contribution is 2.54. The molecular formula is C20H21NO2. The Labute approximate surface area is 136 Å². The molecule has 2 aromatic carbocycles. The molecule has 5 rings (SSSR count). The Balaban J connectivity index is 1.67. The molecule has 1 atom stereocenters. The van der Waals surface area contributed by atoms with E-state index in [0.29, 0.717) is 24.3 Å². The van der Waals surface area contributed by atoms with Crippen LogP contribution in [-0.4, -0.2) is 26.2 Å². The molecule has 0 saturated heterocycles. The van der Waals surface area contributed by atoms with Crippen molar-refractivity contribution in [2.75, 3.05) is 20.3 Å². The molecule has 3 aliphatic rings. The van der Waals surface area contributed by atoms with Crippen molar-refractivity contribution in [3.8, 4) is 0 Å². The van der Waals surface area contributed by atoms with Crippen LogP contribution >= 0.6 is 0 Å². The topological polar surface area (TPSA) is 38.3 Å². The van der Waals surface area contributed by atoms with Gasteiger partial charge in [-0.05, 0) is 34.6 Å². The summed E-state index contributed by atoms with van der Waals surface area (Å²) in [5.74, 6) is 1.26. The zero-order valence-corrected chi connectivity index (χ0v) is 13.3. The number of amides is 1. The maximum absolute atomic E-state index is 11.7. The number of carbonyl (C=O) groups excluding carboxylic acids is 1. The lowest BCUT2D eigenvalue weighted by molar-refractivity contribution is -0.124. The number of carbonyl (C=O) groups is 1. The molecule has 0 saturated carbocycles. The van der Waals surface area contributed by atoms with Crippen LogP contribution in [0.1, 0.15) is 40.5 Å². The molecular weight excluding hydrogens is 286 g/mol. The summed E-state index contributed by atoms with van der Waals surface area (Å²) in [6, 6.07) is 17.6. The van der Waals surface area contributed by atoms with E-state index < -0.39 is 0 Å². The van der Waals surface area contributed by atoms with Gasteiger partial charge in [-0.15, -0.1) is 0 Å². The third kappa shape index (κ3) is 2.36. The quantitative estimate of drug-likeness (QED) is 0.943. The van der Waals surface area contributed by atoms with Crippen molar-refractivity contribution in [3.63, 3.8) is 0 Å². The lowest BCUT2D eigenvalue weighted by Gasteiger charge is -2.45. The fraction of sp³-hybridized carbons (Fsp3) is 0.350. The molecule has 0 spiro atoms. The van der Waals surface area contributed by atoms with Gasteiger partial charge in [-0.25, -0.2) is 0 Å². The second kappa shape index (κ2) is 5.82. The molecule has 23 heavy (non-hydrogen) atoms. The third-order valence-corrected chi connectivity index (χ3v) is 5.26. The number of hydrogen-bond acceptors (Lipinski definition) is 2. The number of benzene rings is 2. The van der Waals surface area contributed by atoms with Crippen LogP contribution in [0.25, 0.3) is 0 Å². The summed E-state index contributed by atoms with van der Waals surface area (Å²) >= 11 is 0. The van der Waals surface area contributed by atoms with Gasteiger partial charge >= 0.3 is 0 Å². The second-order valence-corrected chi connectivity index (χ2v) is 6.52. The molecule has 2 bridgehead atoms. The van der Waals surface area contributed by atoms with Gasteiger partial charge in [0.15, 0.2) is 0 Å². The van der Waals surface area contributed by atoms with Crippen LogP contribution in [0.4, 0.5) is 0 Å². The van der Waals surface area contributed by atoms with Crippen molar-refractivity contribution >= 4 is 5.91 Å². The highest BCUT2D eigenvalue weighted by molar-refractivity contribution is 5.77. The van der Waals surface area contributed by atoms with Gasteiger partial charge in [-0.2, -0.15) is 0 Å². The van der Waals surface area contributed by atoms with E-state index in [1.54, 1.807) is 7.11 Å². The van der Waals surface area contributed by atoms with Crippen molar-refractivity contribution in [3.05, 3.63) is 70.8 Å². The first-order chi connectivity index (χ1) is 11.3. The van der Waals surface area contributed by atoms with Crippen LogP contribution in [0.3, 0.4) is 0 Å². The minimum Gasteiger partial charge on any atom is -0.375 e. The van der Waals surface area contributed by atoms with Crippen LogP contribution in [0.5, 0.6) is 0 Å². The molecule has 3 heteroatoms. The standard InChI is InChI=1S/C20H21NO2/c1-23-12-19(22)21-11-13-10-18-14-6-2-4-8-16(14)20(13)17-9-5-3-7-15(17)18/h2-9,13,18,20H,10-12H2,1H3,(H,21,22). The normalized spacial score (nSPS) is 24.0. The van der Waals surface area contributed by atoms with Gasteiger partial charge in [0.1, 0.15) is 6.61 Å². The van der Waals surface area contributed by atoms with E-state index in [0.717, 1.165) is 6.42 Å². The Bertz CT molecular complexity index is 692. The summed E-state index contributed by atoms with van der Waals surface area (Å²) in [5.41, 5.74) is 5.81. The summed E-state index contributed by atoms with van der Waals surface area (Å²) in [4.78, 5) is 11.7. The smallest absolute Gasteiger partial charge is 0.245 e. The van der Waals surface area contributed by atoms with Crippen molar-refractivity contribution in [1.29, 1.82) is 0 Å². The monoisotopic (exact) mass is 307 g/mol. The Morgan fingerprint density at radius 1 is 1.04 bits per heavy atom. The number of hydrogen-bond donors (Lipinski definition) is 1. The minimum absolute atomic E-state index is 0.0319. The molecule has 3 nitrogen and oxygen atoms in total. The number of fused-ring (bicyclic) bond motifs is 1. The summed E-state index contributed by atoms with van der Waals surface area (Å²) in [7, 11) is 1.55. The lowest BCUT2D eigenvalue weighted by Crippen LogP contribution is -2.40. The molecule has 0 heterocycles. The number of nitrogens with one attached hydrogen (secondary N) is 1. The van der Waals surface area contributed by atoms with E-state index in [2.05, 4.69) is 53.8 Å². The van der Waals surface area contributed by atoms with Crippen molar-refractivity contribution in [2.24, 2.45) is 5.92 Å². The van der Waals surface area contributed by atoms with E-state index in [4.69, 9.17) is 4.74 Å². The average Bonchev–Trinajstić information content (AvgIpc) is 2.60. The maximum Gasteiger partial charge on any atom is 0.245 e. The third-order valence-electron chi connectivity index (χ3n) is 5.26. The van der Waals surface area contributed by atoms with Gasteiger partial charge in [0, 0.05) is 25.5 Å². The summed E-state index contributed by atoms with van der Waals surface area (Å²) in [6.45, 7) is 0.847. The first-order valence-electron chi connectivity index (χ1n) is 8.23. The predicted octanol–water partition coefficient (Wildman–Crippen LogP) is 3.05. The van der Waals surface area contributed by atoms with Gasteiger partial charge in [-0.1, -0.05) is 48.5 Å². The van der Waals surface area contributed by atoms with Crippen LogP contribution in [-0.2, 0) is 9.53 Å². The van der Waals surface area contributed by atoms with E-state index >= 15 is 0 Å². The van der Waals surface area contributed by atoms with Gasteiger partial charge in [-0.3, -0.25) is 4.79 Å². The fourth-order valence-corrected chi connectivity index (χ4v) is 4.39. The molecule has 0 aromatic heterocycles. The second-order valence-electron chi connectivity index (χ2n) is 6.52. The Kier molecular flexibility index (Phi) is 3.66. The maximum atomic E-state index is 11.7. The van der Waals surface area contributed by atoms with Crippen LogP contribution in [0.15, 0.2) is 48.5 Å². The van der Waals surface area contributed by atoms with Gasteiger partial charge < -0.3 is 10.1 Å². The molecule has 3 aliphatic carbocycles. The summed E-state index contributed by atoms with van der Waals surface area (Å²) in [6.07, 6.45) is 1.10. The Morgan fingerprint density at radius 3 is 2.17 bits per heavy atom. The molecule has 1 N–H and O–H groups in total. The molecule has 0 fully saturated rings. The van der Waals surface area contributed by atoms with Crippen molar-refractivity contribution in [2.45, 2.75) is 18.3 Å². The minimum atomic E-state index is -0.0319. The van der Waals surface area contributed by atoms with Crippen molar-refractivity contribution in [1.82, 2.24) is 5.32 Å². The average molecular weight is 307 g/mol. The van der Waals surface area contributed by atoms with E-state index in [9.17, 15) is 4.79 Å². The first kappa shape index (κ1) is 14.5. The summed E-state index contributed by atoms with van der Waals surface area (Å²) in [5, 5.41) is 3.04. The molecule has 1 amide bonds. The number of methoxy groups -OCH3 is 1. The highest BCUT2D eigenvalue weighted by atomic mass is 16.5. The van der Waals surface area contributed by atoms with Crippen molar-refractivity contribution < 1.29 is 9.53 Å². The Hall–Kier alpha value is -2.13. The lowest BCUT2D eigenvalue weighted by atomic mass is 9.59. The highest BCUT2D eigenvalue weighted by Gasteiger charge is 2.42. The van der Waals surface area contributed by atoms with Crippen LogP contribution in [0.2, 0.25) is 0 Å². The first-order valence-corrected chi connectivity index (χ1v) is 8.23. The SMILES string of the molecule is COCC(=O)NCC1CC2c3ccccc3C1c1ccccc12. The van der Waals surface area contributed by atoms with Crippen LogP contribution < -0.4 is 5.32 Å². The van der Waals surface area contributed by atoms with E-state index in [1.807, 2.05) is 0 Å². The number of rotatable bonds is 4. The van der Waals surface area contributed by atoms with E-state index in [1.165, 1.54) is 22.3 Å². The van der Waals surface area contributed by atoms with Crippen LogP contribution in [0, 0.1) is 5.92 Å². The van der Waals surface area contributed by atoms with Gasteiger partial charge in [0.05, 0.1) is 0 Å². The largest absolute Gasteiger partial charge is 0.375 e. The number of ether oxygens (including phenoxy) is 1. The zero-order valence-electron chi connectivity index (χ0n) is 13.3. The van der Waals surface area contributed by atoms with E-state index in [-0.39, 0.29) is 12.5 Å². The van der Waals surface area contributed by atoms with Gasteiger partial charge in [0.2, 0.25) is 5.91 Å². The fourth-order valence-electron chi connectivity index (χ4n) is 4.39. The molecule has 1 unspecified atom stereocenters. The molecule has 0 aliphatic heterocycles. The molecule has 0 radical (unpaired) electrons. The van der Waals surface area contributed by atoms with Gasteiger partial charge in [0.25, 0.3) is 0 Å². The Morgan fingerprint density at radius 2 is 1.61 bits per heavy atom. The molecule has 2 aromatic rings. The molecule has 118 valence electrons. The zero-order chi connectivity index (χ0) is 15.8.